The number of hydrogen-bond donors (Lipinski definition) is 0. The molecule has 0 atom stereocenters. The van der Waals surface area contributed by atoms with Crippen molar-refractivity contribution < 1.29 is 5.03 Å². The van der Waals surface area contributed by atoms with Crippen LogP contribution in [0.1, 0.15) is 6.92 Å². The minimum Gasteiger partial charge on any atom is -0.235 e. The number of nitrogens with zero attached hydrogens (tertiary/aromatic N) is 2. The fourth-order valence-corrected chi connectivity index (χ4v) is 0.721. The lowest BCUT2D eigenvalue weighted by molar-refractivity contribution is -0.662. The zero-order valence-corrected chi connectivity index (χ0v) is 5.20. The molecule has 4 nitrogen and oxygen atoms in total. The molecule has 1 heterocycles. The molecule has 0 spiro atoms. The van der Waals surface area contributed by atoms with Crippen molar-refractivity contribution in [3.05, 3.63) is 21.8 Å². The summed E-state index contributed by atoms with van der Waals surface area (Å²) in [5.74, 6) is 0. The Morgan fingerprint density at radius 2 is 2.33 bits per heavy atom. The fourth-order valence-electron chi connectivity index (χ4n) is 0.721. The molecule has 0 aromatic carbocycles. The summed E-state index contributed by atoms with van der Waals surface area (Å²) in [4.78, 5) is 9.95. The summed E-state index contributed by atoms with van der Waals surface area (Å²) in [5.41, 5.74) is 1.15. The van der Waals surface area contributed by atoms with Crippen molar-refractivity contribution in [1.82, 2.24) is 5.01 Å². The van der Waals surface area contributed by atoms with E-state index in [2.05, 4.69) is 0 Å². The maximum atomic E-state index is 9.95. The second-order valence-electron chi connectivity index (χ2n) is 2.01. The molecule has 0 amide bonds. The van der Waals surface area contributed by atoms with E-state index in [1.54, 1.807) is 0 Å². The summed E-state index contributed by atoms with van der Waals surface area (Å²) in [5, 5.41) is 10.8. The van der Waals surface area contributed by atoms with Crippen LogP contribution in [0.25, 0.3) is 0 Å². The molecule has 1 saturated heterocycles. The predicted molar refractivity (Wildman–Crippen MR) is 32.3 cm³/mol. The third-order valence-electron chi connectivity index (χ3n) is 1.41. The molecule has 0 bridgehead atoms. The first-order chi connectivity index (χ1) is 4.24. The smallest absolute Gasteiger partial charge is 0.160 e. The SMILES string of the molecule is CC=C1CN([N+](=O)[O-])C1. The molecule has 0 N–H and O–H groups in total. The van der Waals surface area contributed by atoms with Crippen molar-refractivity contribution >= 4 is 0 Å². The summed E-state index contributed by atoms with van der Waals surface area (Å²) < 4.78 is 0. The van der Waals surface area contributed by atoms with Crippen molar-refractivity contribution in [2.45, 2.75) is 6.92 Å². The van der Waals surface area contributed by atoms with Crippen LogP contribution < -0.4 is 0 Å². The first kappa shape index (κ1) is 6.07. The molecule has 0 aromatic heterocycles. The average Bonchev–Trinajstić information content (AvgIpc) is 1.61. The van der Waals surface area contributed by atoms with Crippen LogP contribution in [0.5, 0.6) is 0 Å². The first-order valence-corrected chi connectivity index (χ1v) is 2.77. The third kappa shape index (κ3) is 1.01. The highest BCUT2D eigenvalue weighted by molar-refractivity contribution is 5.11. The summed E-state index contributed by atoms with van der Waals surface area (Å²) in [6.07, 6.45) is 1.92. The second kappa shape index (κ2) is 2.05. The van der Waals surface area contributed by atoms with E-state index in [-0.39, 0.29) is 5.03 Å². The molecule has 1 aliphatic rings. The number of rotatable bonds is 1. The third-order valence-corrected chi connectivity index (χ3v) is 1.41. The van der Waals surface area contributed by atoms with E-state index >= 15 is 0 Å². The molecule has 9 heavy (non-hydrogen) atoms. The molecule has 0 aromatic rings. The van der Waals surface area contributed by atoms with Crippen LogP contribution in [-0.2, 0) is 0 Å². The summed E-state index contributed by atoms with van der Waals surface area (Å²) in [6, 6.07) is 0. The van der Waals surface area contributed by atoms with E-state index in [1.165, 1.54) is 5.01 Å². The molecule has 0 aliphatic carbocycles. The van der Waals surface area contributed by atoms with Crippen molar-refractivity contribution in [3.63, 3.8) is 0 Å². The Labute approximate surface area is 52.9 Å². The lowest BCUT2D eigenvalue weighted by atomic mass is 10.1. The zero-order chi connectivity index (χ0) is 6.85. The van der Waals surface area contributed by atoms with Gasteiger partial charge in [0, 0.05) is 0 Å². The van der Waals surface area contributed by atoms with E-state index in [4.69, 9.17) is 0 Å². The Kier molecular flexibility index (Phi) is 1.38. The van der Waals surface area contributed by atoms with Gasteiger partial charge in [0.1, 0.15) is 13.1 Å². The van der Waals surface area contributed by atoms with Crippen LogP contribution in [0.2, 0.25) is 0 Å². The van der Waals surface area contributed by atoms with Gasteiger partial charge in [-0.3, -0.25) is 0 Å². The quantitative estimate of drug-likeness (QED) is 0.292. The maximum absolute atomic E-state index is 9.95. The van der Waals surface area contributed by atoms with Crippen LogP contribution in [0, 0.1) is 10.1 Å². The van der Waals surface area contributed by atoms with Crippen molar-refractivity contribution in [2.75, 3.05) is 13.1 Å². The van der Waals surface area contributed by atoms with Gasteiger partial charge >= 0.3 is 0 Å². The van der Waals surface area contributed by atoms with Gasteiger partial charge in [-0.2, -0.15) is 0 Å². The van der Waals surface area contributed by atoms with Gasteiger partial charge in [0.2, 0.25) is 0 Å². The monoisotopic (exact) mass is 128 g/mol. The standard InChI is InChI=1S/C5H8N2O2/c1-2-5-3-6(4-5)7(8)9/h2H,3-4H2,1H3. The normalized spacial score (nSPS) is 17.0. The van der Waals surface area contributed by atoms with Gasteiger partial charge in [0.15, 0.2) is 5.03 Å². The largest absolute Gasteiger partial charge is 0.235 e. The number of allylic oxidation sites excluding steroid dienone is 1. The molecular weight excluding hydrogens is 120 g/mol. The van der Waals surface area contributed by atoms with Crippen LogP contribution in [0.15, 0.2) is 11.6 Å². The Hall–Kier alpha value is -1.06. The van der Waals surface area contributed by atoms with E-state index in [9.17, 15) is 10.1 Å². The Bertz CT molecular complexity index is 156. The highest BCUT2D eigenvalue weighted by Crippen LogP contribution is 2.12. The lowest BCUT2D eigenvalue weighted by Crippen LogP contribution is -2.43. The highest BCUT2D eigenvalue weighted by atomic mass is 16.7. The van der Waals surface area contributed by atoms with E-state index in [1.807, 2.05) is 13.0 Å². The topological polar surface area (TPSA) is 46.4 Å². The second-order valence-corrected chi connectivity index (χ2v) is 2.01. The Morgan fingerprint density at radius 1 is 1.78 bits per heavy atom. The Morgan fingerprint density at radius 3 is 2.67 bits per heavy atom. The minimum atomic E-state index is -0.368. The molecule has 1 aliphatic heterocycles. The molecule has 0 radical (unpaired) electrons. The molecule has 0 saturated carbocycles. The Balaban J connectivity index is 2.35. The highest BCUT2D eigenvalue weighted by Gasteiger charge is 2.26. The van der Waals surface area contributed by atoms with Crippen LogP contribution >= 0.6 is 0 Å². The van der Waals surface area contributed by atoms with E-state index < -0.39 is 0 Å². The van der Waals surface area contributed by atoms with Crippen molar-refractivity contribution in [2.24, 2.45) is 0 Å². The van der Waals surface area contributed by atoms with Gasteiger partial charge in [0.25, 0.3) is 0 Å². The molecule has 1 rings (SSSR count). The number of nitro groups is 1. The van der Waals surface area contributed by atoms with Gasteiger partial charge in [0.05, 0.1) is 0 Å². The maximum Gasteiger partial charge on any atom is 0.160 e. The van der Waals surface area contributed by atoms with Gasteiger partial charge in [-0.1, -0.05) is 6.08 Å². The van der Waals surface area contributed by atoms with Gasteiger partial charge < -0.3 is 0 Å². The molecule has 4 heteroatoms. The molecule has 0 unspecified atom stereocenters. The number of hydrogen-bond acceptors (Lipinski definition) is 2. The molecule has 50 valence electrons. The summed E-state index contributed by atoms with van der Waals surface area (Å²) in [6.45, 7) is 2.90. The van der Waals surface area contributed by atoms with Crippen molar-refractivity contribution in [1.29, 1.82) is 0 Å². The van der Waals surface area contributed by atoms with Crippen molar-refractivity contribution in [3.8, 4) is 0 Å². The zero-order valence-electron chi connectivity index (χ0n) is 5.20. The summed E-state index contributed by atoms with van der Waals surface area (Å²) >= 11 is 0. The lowest BCUT2D eigenvalue weighted by Gasteiger charge is -2.25. The average molecular weight is 128 g/mol. The van der Waals surface area contributed by atoms with E-state index in [0.717, 1.165) is 5.57 Å². The van der Waals surface area contributed by atoms with Gasteiger partial charge in [-0.05, 0) is 12.5 Å². The van der Waals surface area contributed by atoms with E-state index in [0.29, 0.717) is 13.1 Å². The number of hydrazine groups is 1. The van der Waals surface area contributed by atoms with Crippen LogP contribution in [-0.4, -0.2) is 23.1 Å². The predicted octanol–water partition coefficient (Wildman–Crippen LogP) is 0.440. The van der Waals surface area contributed by atoms with Gasteiger partial charge in [-0.25, -0.2) is 10.1 Å². The van der Waals surface area contributed by atoms with Crippen LogP contribution in [0.3, 0.4) is 0 Å². The molecule has 1 fully saturated rings. The fraction of sp³-hybridized carbons (Fsp3) is 0.600. The van der Waals surface area contributed by atoms with Crippen LogP contribution in [0.4, 0.5) is 0 Å². The first-order valence-electron chi connectivity index (χ1n) is 2.77. The minimum absolute atomic E-state index is 0.368. The molecular formula is C5H8N2O2. The van der Waals surface area contributed by atoms with Gasteiger partial charge in [-0.15, -0.1) is 5.01 Å². The summed E-state index contributed by atoms with van der Waals surface area (Å²) in [7, 11) is 0.